The van der Waals surface area contributed by atoms with Gasteiger partial charge in [0.2, 0.25) is 0 Å². The third kappa shape index (κ3) is 4.75. The third-order valence-electron chi connectivity index (χ3n) is 5.65. The number of halogens is 2. The highest BCUT2D eigenvalue weighted by Crippen LogP contribution is 2.28. The van der Waals surface area contributed by atoms with Crippen molar-refractivity contribution in [1.82, 2.24) is 0 Å². The van der Waals surface area contributed by atoms with Crippen molar-refractivity contribution in [3.63, 3.8) is 0 Å². The normalized spacial score (nSPS) is 14.9. The smallest absolute Gasteiger partial charge is 0.387 e. The largest absolute Gasteiger partial charge is 0.435 e. The Balaban J connectivity index is 1.56. The lowest BCUT2D eigenvalue weighted by Crippen LogP contribution is -2.92. The summed E-state index contributed by atoms with van der Waals surface area (Å²) in [6, 6.07) is 24.0. The molecule has 2 atom stereocenters. The van der Waals surface area contributed by atoms with E-state index in [1.807, 2.05) is 65.7 Å². The number of fused-ring (bicyclic) bond motifs is 1. The van der Waals surface area contributed by atoms with Gasteiger partial charge in [-0.25, -0.2) is 0 Å². The first-order valence-corrected chi connectivity index (χ1v) is 10.4. The Morgan fingerprint density at radius 2 is 1.58 bits per heavy atom. The molecule has 31 heavy (non-hydrogen) atoms. The maximum atomic E-state index is 13.3. The van der Waals surface area contributed by atoms with E-state index in [0.29, 0.717) is 6.54 Å². The molecule has 0 fully saturated rings. The number of nitrogens with zero attached hydrogens (tertiary/aromatic N) is 1. The number of alkyl halides is 2. The van der Waals surface area contributed by atoms with Crippen LogP contribution in [0.15, 0.2) is 78.9 Å². The summed E-state index contributed by atoms with van der Waals surface area (Å²) in [6.07, 6.45) is 0.863. The van der Waals surface area contributed by atoms with Gasteiger partial charge in [-0.2, -0.15) is 8.78 Å². The van der Waals surface area contributed by atoms with E-state index < -0.39 is 6.61 Å². The van der Waals surface area contributed by atoms with Crippen molar-refractivity contribution >= 4 is 11.6 Å². The van der Waals surface area contributed by atoms with E-state index in [1.165, 1.54) is 17.7 Å². The molecule has 3 aromatic carbocycles. The topological polar surface area (TPSA) is 46.1 Å². The minimum absolute atomic E-state index is 0.0588. The Labute approximate surface area is 180 Å². The fraction of sp³-hybridized carbons (Fsp3) is 0.240. The Kier molecular flexibility index (Phi) is 6.28. The Morgan fingerprint density at radius 3 is 2.29 bits per heavy atom. The number of hydrogen-bond acceptors (Lipinski definition) is 2. The lowest BCUT2D eigenvalue weighted by Gasteiger charge is -2.24. The predicted octanol–water partition coefficient (Wildman–Crippen LogP) is 3.92. The van der Waals surface area contributed by atoms with Gasteiger partial charge in [0.05, 0.1) is 0 Å². The molecule has 0 saturated carbocycles. The zero-order valence-electron chi connectivity index (χ0n) is 17.2. The second-order valence-corrected chi connectivity index (χ2v) is 7.69. The zero-order valence-corrected chi connectivity index (χ0v) is 17.2. The van der Waals surface area contributed by atoms with E-state index in [-0.39, 0.29) is 23.7 Å². The van der Waals surface area contributed by atoms with Gasteiger partial charge in [0.1, 0.15) is 11.8 Å². The molecule has 4 rings (SSSR count). The fourth-order valence-electron chi connectivity index (χ4n) is 4.12. The molecule has 1 aliphatic rings. The molecule has 0 unspecified atom stereocenters. The second kappa shape index (κ2) is 9.27. The number of para-hydroxylation sites is 1. The number of nitrogens with two attached hydrogens (primary N) is 1. The number of carbonyl (C=O) groups excluding carboxylic acids is 1. The number of amides is 1. The number of anilines is 1. The minimum atomic E-state index is -2.86. The van der Waals surface area contributed by atoms with Crippen LogP contribution in [0.3, 0.4) is 0 Å². The van der Waals surface area contributed by atoms with Gasteiger partial charge >= 0.3 is 6.61 Å². The first-order valence-electron chi connectivity index (χ1n) is 10.4. The van der Waals surface area contributed by atoms with Crippen LogP contribution in [0.5, 0.6) is 5.75 Å². The molecule has 0 saturated heterocycles. The van der Waals surface area contributed by atoms with Crippen LogP contribution in [0.25, 0.3) is 0 Å². The fourth-order valence-corrected chi connectivity index (χ4v) is 4.12. The van der Waals surface area contributed by atoms with E-state index in [9.17, 15) is 13.6 Å². The summed E-state index contributed by atoms with van der Waals surface area (Å²) in [7, 11) is 0. The Hall–Kier alpha value is -3.25. The van der Waals surface area contributed by atoms with Gasteiger partial charge in [-0.1, -0.05) is 48.5 Å². The summed E-state index contributed by atoms with van der Waals surface area (Å²) in [5.41, 5.74) is 4.12. The molecule has 0 aliphatic carbocycles. The molecule has 1 heterocycles. The number of carbonyl (C=O) groups is 1. The molecule has 6 heteroatoms. The van der Waals surface area contributed by atoms with Crippen molar-refractivity contribution in [3.8, 4) is 5.75 Å². The molecule has 4 nitrogen and oxygen atoms in total. The van der Waals surface area contributed by atoms with Crippen LogP contribution in [0.4, 0.5) is 14.5 Å². The van der Waals surface area contributed by atoms with E-state index in [2.05, 4.69) is 10.8 Å². The van der Waals surface area contributed by atoms with Gasteiger partial charge in [0, 0.05) is 23.4 Å². The van der Waals surface area contributed by atoms with Crippen LogP contribution in [0.1, 0.15) is 29.7 Å². The SMILES string of the molecule is C[C@@H]([NH2+][C@H](c1ccccc1)c1ccc(OC(F)F)cc1)C(=O)N1CCc2ccccc21. The first kappa shape index (κ1) is 21.0. The average molecular weight is 423 g/mol. The van der Waals surface area contributed by atoms with E-state index in [1.54, 1.807) is 12.1 Å². The molecule has 0 radical (unpaired) electrons. The number of rotatable bonds is 7. The number of quaternary nitrogens is 1. The van der Waals surface area contributed by atoms with Gasteiger partial charge in [0.15, 0.2) is 6.04 Å². The second-order valence-electron chi connectivity index (χ2n) is 7.69. The zero-order chi connectivity index (χ0) is 21.8. The van der Waals surface area contributed by atoms with Crippen molar-refractivity contribution < 1.29 is 23.6 Å². The van der Waals surface area contributed by atoms with Crippen LogP contribution in [-0.4, -0.2) is 25.1 Å². The lowest BCUT2D eigenvalue weighted by atomic mass is 9.97. The number of ether oxygens (including phenoxy) is 1. The van der Waals surface area contributed by atoms with Crippen LogP contribution < -0.4 is 15.0 Å². The number of hydrogen-bond donors (Lipinski definition) is 1. The molecule has 0 aromatic heterocycles. The summed E-state index contributed by atoms with van der Waals surface area (Å²) in [5.74, 6) is 0.173. The van der Waals surface area contributed by atoms with Gasteiger partial charge in [-0.05, 0) is 49.2 Å². The highest BCUT2D eigenvalue weighted by Gasteiger charge is 2.32. The van der Waals surface area contributed by atoms with Crippen molar-refractivity contribution in [3.05, 3.63) is 95.6 Å². The van der Waals surface area contributed by atoms with Crippen LogP contribution in [0, 0.1) is 0 Å². The van der Waals surface area contributed by atoms with Gasteiger partial charge in [0.25, 0.3) is 5.91 Å². The highest BCUT2D eigenvalue weighted by atomic mass is 19.3. The molecule has 3 aromatic rings. The van der Waals surface area contributed by atoms with E-state index in [0.717, 1.165) is 23.2 Å². The maximum absolute atomic E-state index is 13.3. The van der Waals surface area contributed by atoms with Gasteiger partial charge in [-0.15, -0.1) is 0 Å². The molecule has 0 spiro atoms. The summed E-state index contributed by atoms with van der Waals surface area (Å²) in [5, 5.41) is 2.03. The molecule has 0 bridgehead atoms. The summed E-state index contributed by atoms with van der Waals surface area (Å²) >= 11 is 0. The minimum Gasteiger partial charge on any atom is -0.435 e. The van der Waals surface area contributed by atoms with Gasteiger partial charge in [-0.3, -0.25) is 4.79 Å². The van der Waals surface area contributed by atoms with Crippen molar-refractivity contribution in [2.45, 2.75) is 32.0 Å². The predicted molar refractivity (Wildman–Crippen MR) is 115 cm³/mol. The van der Waals surface area contributed by atoms with Crippen molar-refractivity contribution in [2.75, 3.05) is 11.4 Å². The number of benzene rings is 3. The Morgan fingerprint density at radius 1 is 0.935 bits per heavy atom. The third-order valence-corrected chi connectivity index (χ3v) is 5.65. The first-order chi connectivity index (χ1) is 15.0. The Bertz CT molecular complexity index is 1030. The van der Waals surface area contributed by atoms with Crippen LogP contribution >= 0.6 is 0 Å². The van der Waals surface area contributed by atoms with Crippen LogP contribution in [0.2, 0.25) is 0 Å². The van der Waals surface area contributed by atoms with E-state index >= 15 is 0 Å². The standard InChI is InChI=1S/C25H24F2N2O2/c1-17(24(30)29-16-15-18-7-5-6-10-22(18)29)28-23(19-8-3-2-4-9-19)20-11-13-21(14-12-20)31-25(26)27/h2-14,17,23,25,28H,15-16H2,1H3/p+1/t17-,23-/m1/s1. The average Bonchev–Trinajstić information content (AvgIpc) is 3.22. The molecular weight excluding hydrogens is 398 g/mol. The molecule has 2 N–H and O–H groups in total. The summed E-state index contributed by atoms with van der Waals surface area (Å²) in [6.45, 7) is -0.261. The molecule has 1 aliphatic heterocycles. The monoisotopic (exact) mass is 423 g/mol. The quantitative estimate of drug-likeness (QED) is 0.626. The molecule has 160 valence electrons. The maximum Gasteiger partial charge on any atom is 0.387 e. The molecule has 1 amide bonds. The van der Waals surface area contributed by atoms with Crippen molar-refractivity contribution in [1.29, 1.82) is 0 Å². The van der Waals surface area contributed by atoms with E-state index in [4.69, 9.17) is 0 Å². The van der Waals surface area contributed by atoms with Gasteiger partial charge < -0.3 is 15.0 Å². The lowest BCUT2D eigenvalue weighted by molar-refractivity contribution is -0.704. The summed E-state index contributed by atoms with van der Waals surface area (Å²) in [4.78, 5) is 15.1. The van der Waals surface area contributed by atoms with Crippen LogP contribution in [-0.2, 0) is 11.2 Å². The van der Waals surface area contributed by atoms with Crippen molar-refractivity contribution in [2.24, 2.45) is 0 Å². The molecular formula is C25H25F2N2O2+. The summed E-state index contributed by atoms with van der Waals surface area (Å²) < 4.78 is 29.4. The highest BCUT2D eigenvalue weighted by molar-refractivity contribution is 5.97.